The summed E-state index contributed by atoms with van der Waals surface area (Å²) in [6, 6.07) is 7.07. The first-order valence-electron chi connectivity index (χ1n) is 10.3. The second-order valence-electron chi connectivity index (χ2n) is 8.07. The molecule has 5 aliphatic rings. The van der Waals surface area contributed by atoms with Gasteiger partial charge in [-0.1, -0.05) is 6.07 Å². The summed E-state index contributed by atoms with van der Waals surface area (Å²) in [5.41, 5.74) is 1.27. The molecule has 2 bridgehead atoms. The predicted molar refractivity (Wildman–Crippen MR) is 100 cm³/mol. The van der Waals surface area contributed by atoms with Crippen molar-refractivity contribution in [1.82, 2.24) is 9.80 Å². The van der Waals surface area contributed by atoms with E-state index in [0.717, 1.165) is 31.1 Å². The van der Waals surface area contributed by atoms with Crippen LogP contribution in [0.4, 0.5) is 0 Å². The second kappa shape index (κ2) is 6.99. The number of hydrogen-bond donors (Lipinski definition) is 0. The lowest BCUT2D eigenvalue weighted by molar-refractivity contribution is -0.137. The van der Waals surface area contributed by atoms with Crippen LogP contribution in [0.3, 0.4) is 0 Å². The Morgan fingerprint density at radius 1 is 1.19 bits per heavy atom. The van der Waals surface area contributed by atoms with E-state index in [1.54, 1.807) is 0 Å². The molecule has 1 amide bonds. The number of amides is 1. The van der Waals surface area contributed by atoms with Crippen molar-refractivity contribution >= 4 is 5.91 Å². The number of hydrogen-bond acceptors (Lipinski definition) is 5. The normalized spacial score (nSPS) is 33.4. The first kappa shape index (κ1) is 17.3. The number of rotatable bonds is 5. The summed E-state index contributed by atoms with van der Waals surface area (Å²) < 4.78 is 16.5. The van der Waals surface area contributed by atoms with E-state index >= 15 is 0 Å². The van der Waals surface area contributed by atoms with Gasteiger partial charge in [0.05, 0.1) is 19.1 Å². The van der Waals surface area contributed by atoms with E-state index in [-0.39, 0.29) is 5.91 Å². The van der Waals surface area contributed by atoms with Gasteiger partial charge in [-0.3, -0.25) is 9.69 Å². The van der Waals surface area contributed by atoms with Crippen molar-refractivity contribution in [3.63, 3.8) is 0 Å². The van der Waals surface area contributed by atoms with Gasteiger partial charge in [-0.2, -0.15) is 0 Å². The third-order valence-electron chi connectivity index (χ3n) is 6.80. The number of nitrogens with zero attached hydrogens (tertiary/aromatic N) is 2. The summed E-state index contributed by atoms with van der Waals surface area (Å²) in [6.45, 7) is 6.57. The lowest BCUT2D eigenvalue weighted by Gasteiger charge is -2.51. The number of benzene rings is 1. The SMILES string of the molecule is CCOCCC(=O)N1C[C@@H](c2ccc3c(c2)OCO3)[C@@H]2[C@H]1C1CCN2CC1. The Morgan fingerprint density at radius 3 is 2.81 bits per heavy atom. The van der Waals surface area contributed by atoms with Gasteiger partial charge in [-0.25, -0.2) is 0 Å². The zero-order valence-corrected chi connectivity index (χ0v) is 15.9. The van der Waals surface area contributed by atoms with Crippen LogP contribution in [0.2, 0.25) is 0 Å². The van der Waals surface area contributed by atoms with E-state index in [1.807, 2.05) is 13.0 Å². The maximum atomic E-state index is 13.0. The molecule has 0 saturated carbocycles. The van der Waals surface area contributed by atoms with Crippen molar-refractivity contribution in [2.45, 2.75) is 44.2 Å². The number of fused-ring (bicyclic) bond motifs is 3. The zero-order valence-electron chi connectivity index (χ0n) is 15.9. The van der Waals surface area contributed by atoms with Crippen molar-refractivity contribution in [3.05, 3.63) is 23.8 Å². The van der Waals surface area contributed by atoms with Crippen LogP contribution in [0.1, 0.15) is 37.7 Å². The number of piperidine rings is 3. The quantitative estimate of drug-likeness (QED) is 0.742. The van der Waals surface area contributed by atoms with Gasteiger partial charge in [0, 0.05) is 25.1 Å². The largest absolute Gasteiger partial charge is 0.454 e. The minimum absolute atomic E-state index is 0.246. The third-order valence-corrected chi connectivity index (χ3v) is 6.80. The third kappa shape index (κ3) is 2.90. The molecule has 5 heterocycles. The fourth-order valence-corrected chi connectivity index (χ4v) is 5.59. The molecule has 146 valence electrons. The van der Waals surface area contributed by atoms with E-state index in [1.165, 1.54) is 18.4 Å². The Hall–Kier alpha value is -1.79. The molecule has 1 aromatic carbocycles. The highest BCUT2D eigenvalue weighted by Crippen LogP contribution is 2.48. The highest BCUT2D eigenvalue weighted by Gasteiger charge is 2.54. The molecule has 6 heteroatoms. The number of carbonyl (C=O) groups excluding carboxylic acids is 1. The molecule has 0 spiro atoms. The summed E-state index contributed by atoms with van der Waals surface area (Å²) in [5.74, 6) is 2.87. The average molecular weight is 372 g/mol. The number of ether oxygens (including phenoxy) is 3. The summed E-state index contributed by atoms with van der Waals surface area (Å²) in [4.78, 5) is 17.8. The van der Waals surface area contributed by atoms with Crippen LogP contribution in [0.25, 0.3) is 0 Å². The average Bonchev–Trinajstić information content (AvgIpc) is 3.34. The molecule has 5 aliphatic heterocycles. The fourth-order valence-electron chi connectivity index (χ4n) is 5.59. The van der Waals surface area contributed by atoms with Crippen LogP contribution in [0.5, 0.6) is 11.5 Å². The molecule has 1 aromatic rings. The van der Waals surface area contributed by atoms with Crippen LogP contribution < -0.4 is 9.47 Å². The molecule has 27 heavy (non-hydrogen) atoms. The van der Waals surface area contributed by atoms with Gasteiger partial charge in [0.1, 0.15) is 0 Å². The smallest absolute Gasteiger partial charge is 0.231 e. The zero-order chi connectivity index (χ0) is 18.4. The molecular formula is C21H28N2O4. The standard InChI is InChI=1S/C21H28N2O4/c1-2-25-10-7-19(24)23-12-16(15-3-4-17-18(11-15)27-13-26-17)21-20(23)14-5-8-22(21)9-6-14/h3-4,11,14,16,20-21H,2,5-10,12-13H2,1H3/t16-,20+,21+/m0/s1. The van der Waals surface area contributed by atoms with Crippen molar-refractivity contribution < 1.29 is 19.0 Å². The minimum Gasteiger partial charge on any atom is -0.454 e. The van der Waals surface area contributed by atoms with Crippen molar-refractivity contribution in [3.8, 4) is 11.5 Å². The molecule has 4 saturated heterocycles. The van der Waals surface area contributed by atoms with Gasteiger partial charge >= 0.3 is 0 Å². The molecular weight excluding hydrogens is 344 g/mol. The maximum Gasteiger partial charge on any atom is 0.231 e. The van der Waals surface area contributed by atoms with Gasteiger partial charge in [-0.15, -0.1) is 0 Å². The molecule has 6 rings (SSSR count). The van der Waals surface area contributed by atoms with Gasteiger partial charge in [-0.05, 0) is 56.5 Å². The molecule has 3 atom stereocenters. The predicted octanol–water partition coefficient (Wildman–Crippen LogP) is 2.23. The van der Waals surface area contributed by atoms with E-state index < -0.39 is 0 Å². The maximum absolute atomic E-state index is 13.0. The summed E-state index contributed by atoms with van der Waals surface area (Å²) >= 11 is 0. The summed E-state index contributed by atoms with van der Waals surface area (Å²) in [6.07, 6.45) is 2.91. The van der Waals surface area contributed by atoms with E-state index in [2.05, 4.69) is 21.9 Å². The highest BCUT2D eigenvalue weighted by molar-refractivity contribution is 5.77. The first-order chi connectivity index (χ1) is 13.3. The van der Waals surface area contributed by atoms with E-state index in [4.69, 9.17) is 14.2 Å². The molecule has 4 fully saturated rings. The van der Waals surface area contributed by atoms with Gasteiger partial charge in [0.2, 0.25) is 12.7 Å². The summed E-state index contributed by atoms with van der Waals surface area (Å²) in [5, 5.41) is 0. The van der Waals surface area contributed by atoms with Crippen molar-refractivity contribution in [1.29, 1.82) is 0 Å². The Bertz CT molecular complexity index is 716. The van der Waals surface area contributed by atoms with Crippen molar-refractivity contribution in [2.24, 2.45) is 5.92 Å². The number of likely N-dealkylation sites (tertiary alicyclic amines) is 1. The first-order valence-corrected chi connectivity index (χ1v) is 10.3. The van der Waals surface area contributed by atoms with Crippen LogP contribution in [0, 0.1) is 5.92 Å². The molecule has 0 aromatic heterocycles. The van der Waals surface area contributed by atoms with E-state index in [0.29, 0.717) is 50.3 Å². The molecule has 0 unspecified atom stereocenters. The van der Waals surface area contributed by atoms with Crippen LogP contribution in [-0.4, -0.2) is 67.4 Å². The molecule has 0 radical (unpaired) electrons. The molecule has 0 N–H and O–H groups in total. The van der Waals surface area contributed by atoms with Crippen LogP contribution in [0.15, 0.2) is 18.2 Å². The van der Waals surface area contributed by atoms with Crippen LogP contribution in [-0.2, 0) is 9.53 Å². The summed E-state index contributed by atoms with van der Waals surface area (Å²) in [7, 11) is 0. The Kier molecular flexibility index (Phi) is 4.48. The number of carbonyl (C=O) groups is 1. The van der Waals surface area contributed by atoms with E-state index in [9.17, 15) is 4.79 Å². The second-order valence-corrected chi connectivity index (χ2v) is 8.07. The lowest BCUT2D eigenvalue weighted by Crippen LogP contribution is -2.60. The fraction of sp³-hybridized carbons (Fsp3) is 0.667. The topological polar surface area (TPSA) is 51.2 Å². The van der Waals surface area contributed by atoms with Crippen LogP contribution >= 0.6 is 0 Å². The van der Waals surface area contributed by atoms with Gasteiger partial charge in [0.25, 0.3) is 0 Å². The van der Waals surface area contributed by atoms with Crippen molar-refractivity contribution in [2.75, 3.05) is 39.6 Å². The monoisotopic (exact) mass is 372 g/mol. The Balaban J connectivity index is 1.43. The Morgan fingerprint density at radius 2 is 2.00 bits per heavy atom. The highest BCUT2D eigenvalue weighted by atomic mass is 16.7. The van der Waals surface area contributed by atoms with Gasteiger partial charge < -0.3 is 19.1 Å². The lowest BCUT2D eigenvalue weighted by atomic mass is 9.75. The molecule has 0 aliphatic carbocycles. The van der Waals surface area contributed by atoms with Gasteiger partial charge in [0.15, 0.2) is 11.5 Å². The Labute approximate surface area is 160 Å². The molecule has 6 nitrogen and oxygen atoms in total. The minimum atomic E-state index is 0.246.